The maximum atomic E-state index is 15.3. The molecule has 0 fully saturated rings. The molecule has 3 heterocycles. The molecule has 0 spiro atoms. The Labute approximate surface area is 301 Å². The second kappa shape index (κ2) is 16.1. The van der Waals surface area contributed by atoms with E-state index < -0.39 is 47.4 Å². The van der Waals surface area contributed by atoms with Gasteiger partial charge < -0.3 is 25.6 Å². The van der Waals surface area contributed by atoms with Crippen LogP contribution in [0.25, 0.3) is 11.3 Å². The molecule has 3 aromatic heterocycles. The third kappa shape index (κ3) is 8.44. The van der Waals surface area contributed by atoms with E-state index in [1.54, 1.807) is 62.7 Å². The molecule has 17 heteroatoms. The number of primary amides is 1. The van der Waals surface area contributed by atoms with Crippen LogP contribution in [0, 0.1) is 11.6 Å². The summed E-state index contributed by atoms with van der Waals surface area (Å²) in [5, 5.41) is 21.5. The number of aromatic nitrogens is 5. The summed E-state index contributed by atoms with van der Waals surface area (Å²) >= 11 is 1.22. The quantitative estimate of drug-likeness (QED) is 0.112. The molecule has 1 unspecified atom stereocenters. The number of aliphatic hydroxyl groups is 1. The van der Waals surface area contributed by atoms with Crippen molar-refractivity contribution >= 4 is 35.1 Å². The van der Waals surface area contributed by atoms with Crippen molar-refractivity contribution in [2.75, 3.05) is 25.5 Å². The Morgan fingerprint density at radius 2 is 1.90 bits per heavy atom. The molecule has 3 atom stereocenters. The molecule has 0 aliphatic heterocycles. The maximum Gasteiger partial charge on any atom is 0.418 e. The summed E-state index contributed by atoms with van der Waals surface area (Å²) in [6, 6.07) is 12.7. The van der Waals surface area contributed by atoms with Crippen molar-refractivity contribution in [1.82, 2.24) is 25.1 Å². The monoisotopic (exact) mass is 735 g/mol. The van der Waals surface area contributed by atoms with Gasteiger partial charge in [0.15, 0.2) is 0 Å². The highest BCUT2D eigenvalue weighted by Crippen LogP contribution is 2.41. The van der Waals surface area contributed by atoms with Crippen molar-refractivity contribution in [2.45, 2.75) is 44.7 Å². The minimum Gasteiger partial charge on any atom is -0.460 e. The zero-order valence-electron chi connectivity index (χ0n) is 28.7. The number of nitrogens with one attached hydrogen (secondary N) is 1. The lowest BCUT2D eigenvalue weighted by Crippen LogP contribution is -2.42. The Kier molecular flexibility index (Phi) is 11.7. The second-order valence-corrected chi connectivity index (χ2v) is 12.8. The molecule has 272 valence electrons. The smallest absolute Gasteiger partial charge is 0.418 e. The Hall–Kier alpha value is -5.65. The van der Waals surface area contributed by atoms with Gasteiger partial charge in [0.05, 0.1) is 17.2 Å². The summed E-state index contributed by atoms with van der Waals surface area (Å²) in [5.41, 5.74) is 5.04. The topological polar surface area (TPSA) is 179 Å². The number of rotatable bonds is 14. The lowest BCUT2D eigenvalue weighted by molar-refractivity contribution is -0.753. The average molecular weight is 736 g/mol. The average Bonchev–Trinajstić information content (AvgIpc) is 3.82. The number of thiazole rings is 1. The van der Waals surface area contributed by atoms with Crippen LogP contribution < -0.4 is 20.5 Å². The lowest BCUT2D eigenvalue weighted by Gasteiger charge is -2.32. The Bertz CT molecular complexity index is 2060. The first-order valence-corrected chi connectivity index (χ1v) is 16.8. The minimum atomic E-state index is -2.06. The molecular formula is C35H37F2N8O6S+. The normalized spacial score (nSPS) is 13.5. The van der Waals surface area contributed by atoms with Gasteiger partial charge in [0.1, 0.15) is 36.2 Å². The molecule has 52 heavy (non-hydrogen) atoms. The number of ether oxygens (including phenoxy) is 2. The number of hydrogen-bond donors (Lipinski definition) is 3. The number of halogens is 2. The lowest BCUT2D eigenvalue weighted by atomic mass is 9.82. The SMILES string of the molecule is CNCC(=O)OCc1cccnc1N(C)C(=O)OC(C)[n+]1cnn(C[C@](O)(c2cc(F)ccc2F)[C@H](C)c2nc(-c3ccc(C(N)=O)cc3)cs2)c1. The van der Waals surface area contributed by atoms with E-state index in [2.05, 4.69) is 20.4 Å². The summed E-state index contributed by atoms with van der Waals surface area (Å²) in [4.78, 5) is 46.6. The zero-order chi connectivity index (χ0) is 37.6. The first-order valence-electron chi connectivity index (χ1n) is 16.0. The van der Waals surface area contributed by atoms with E-state index in [0.717, 1.165) is 18.2 Å². The highest BCUT2D eigenvalue weighted by Gasteiger charge is 2.43. The highest BCUT2D eigenvalue weighted by atomic mass is 32.1. The van der Waals surface area contributed by atoms with Crippen LogP contribution in [0.1, 0.15) is 52.5 Å². The summed E-state index contributed by atoms with van der Waals surface area (Å²) in [6.07, 6.45) is 2.61. The van der Waals surface area contributed by atoms with Gasteiger partial charge in [-0.3, -0.25) is 14.5 Å². The third-order valence-corrected chi connectivity index (χ3v) is 9.36. The molecule has 5 aromatic rings. The largest absolute Gasteiger partial charge is 0.460 e. The van der Waals surface area contributed by atoms with E-state index in [1.807, 2.05) is 0 Å². The van der Waals surface area contributed by atoms with Gasteiger partial charge in [-0.2, -0.15) is 4.57 Å². The van der Waals surface area contributed by atoms with Gasteiger partial charge in [0.25, 0.3) is 6.33 Å². The van der Waals surface area contributed by atoms with Crippen molar-refractivity contribution in [1.29, 1.82) is 0 Å². The predicted octanol–water partition coefficient (Wildman–Crippen LogP) is 3.81. The van der Waals surface area contributed by atoms with Crippen molar-refractivity contribution in [2.24, 2.45) is 5.73 Å². The second-order valence-electron chi connectivity index (χ2n) is 11.9. The number of carbonyl (C=O) groups is 3. The molecule has 4 N–H and O–H groups in total. The van der Waals surface area contributed by atoms with Crippen LogP contribution in [-0.2, 0) is 33.0 Å². The number of carbonyl (C=O) groups excluding carboxylic acids is 3. The van der Waals surface area contributed by atoms with Gasteiger partial charge in [-0.15, -0.1) is 16.0 Å². The fourth-order valence-electron chi connectivity index (χ4n) is 5.34. The van der Waals surface area contributed by atoms with E-state index in [0.29, 0.717) is 27.4 Å². The van der Waals surface area contributed by atoms with E-state index in [1.165, 1.54) is 51.4 Å². The van der Waals surface area contributed by atoms with Gasteiger partial charge in [-0.25, -0.2) is 23.5 Å². The van der Waals surface area contributed by atoms with Gasteiger partial charge >= 0.3 is 12.1 Å². The van der Waals surface area contributed by atoms with Crippen molar-refractivity contribution in [3.05, 3.63) is 112 Å². The van der Waals surface area contributed by atoms with E-state index >= 15 is 4.39 Å². The molecular weight excluding hydrogens is 698 g/mol. The van der Waals surface area contributed by atoms with Crippen LogP contribution in [0.3, 0.4) is 0 Å². The van der Waals surface area contributed by atoms with Gasteiger partial charge in [0.2, 0.25) is 18.5 Å². The first-order chi connectivity index (χ1) is 24.8. The molecule has 0 bridgehead atoms. The van der Waals surface area contributed by atoms with Crippen LogP contribution in [0.4, 0.5) is 19.4 Å². The molecule has 2 amide bonds. The number of nitrogens with two attached hydrogens (primary N) is 1. The van der Waals surface area contributed by atoms with Crippen LogP contribution in [-0.4, -0.2) is 63.5 Å². The number of amides is 2. The van der Waals surface area contributed by atoms with Gasteiger partial charge in [-0.1, -0.05) is 25.1 Å². The molecule has 0 radical (unpaired) electrons. The summed E-state index contributed by atoms with van der Waals surface area (Å²) in [6.45, 7) is 2.80. The van der Waals surface area contributed by atoms with Crippen LogP contribution in [0.15, 0.2) is 78.8 Å². The van der Waals surface area contributed by atoms with E-state index in [9.17, 15) is 23.9 Å². The number of anilines is 1. The van der Waals surface area contributed by atoms with Crippen LogP contribution in [0.5, 0.6) is 0 Å². The van der Waals surface area contributed by atoms with Crippen molar-refractivity contribution in [3.8, 4) is 11.3 Å². The van der Waals surface area contributed by atoms with Crippen molar-refractivity contribution in [3.63, 3.8) is 0 Å². The van der Waals surface area contributed by atoms with Crippen LogP contribution in [0.2, 0.25) is 0 Å². The standard InChI is InChI=1S/C35H36F2N8O6S/c1-21(33-42-29(17-52-33)23-7-9-24(10-8-23)31(38)47)35(49,27-14-26(36)11-12-28(27)37)18-45-20-44(19-41-45)22(2)51-34(48)43(4)32-25(6-5-13-40-32)16-50-30(46)15-39-3/h5-14,17,19-22,39,49H,15-16,18H2,1-4H3,(H-,38,47)/p+1/t21-,22?,35-/m1/s1. The molecule has 0 aliphatic carbocycles. The fourth-order valence-corrected chi connectivity index (χ4v) is 6.31. The number of benzene rings is 2. The van der Waals surface area contributed by atoms with Crippen LogP contribution >= 0.6 is 11.3 Å². The van der Waals surface area contributed by atoms with Crippen molar-refractivity contribution < 1.29 is 42.3 Å². The highest BCUT2D eigenvalue weighted by molar-refractivity contribution is 7.10. The molecule has 5 rings (SSSR count). The Balaban J connectivity index is 1.35. The Morgan fingerprint density at radius 1 is 1.15 bits per heavy atom. The minimum absolute atomic E-state index is 0.0188. The molecule has 2 aromatic carbocycles. The number of nitrogens with zero attached hydrogens (tertiary/aromatic N) is 6. The zero-order valence-corrected chi connectivity index (χ0v) is 29.5. The maximum absolute atomic E-state index is 15.3. The predicted molar refractivity (Wildman–Crippen MR) is 185 cm³/mol. The molecule has 14 nitrogen and oxygen atoms in total. The van der Waals surface area contributed by atoms with Gasteiger partial charge in [-0.05, 0) is 43.4 Å². The van der Waals surface area contributed by atoms with E-state index in [-0.39, 0.29) is 31.1 Å². The molecule has 0 saturated carbocycles. The number of hydrogen-bond acceptors (Lipinski definition) is 11. The third-order valence-electron chi connectivity index (χ3n) is 8.33. The molecule has 0 aliphatic rings. The number of pyridine rings is 1. The molecule has 0 saturated heterocycles. The Morgan fingerprint density at radius 3 is 2.62 bits per heavy atom. The van der Waals surface area contributed by atoms with E-state index in [4.69, 9.17) is 15.2 Å². The summed E-state index contributed by atoms with van der Waals surface area (Å²) in [7, 11) is 3.07. The summed E-state index contributed by atoms with van der Waals surface area (Å²) < 4.78 is 43.5. The number of esters is 1. The first kappa shape index (κ1) is 37.6. The number of likely N-dealkylation sites (N-methyl/N-ethyl adjacent to an activating group) is 1. The van der Waals surface area contributed by atoms with Gasteiger partial charge in [0, 0.05) is 58.8 Å². The summed E-state index contributed by atoms with van der Waals surface area (Å²) in [5.74, 6) is -3.27. The fraction of sp³-hybridized carbons (Fsp3) is 0.286.